The summed E-state index contributed by atoms with van der Waals surface area (Å²) in [5, 5.41) is 0. The number of carbonyl (C=O) groups excluding carboxylic acids is 1. The minimum Gasteiger partial charge on any atom is -0.295 e. The van der Waals surface area contributed by atoms with Crippen molar-refractivity contribution in [1.29, 1.82) is 0 Å². The Kier molecular flexibility index (Phi) is 3.51. The third-order valence-electron chi connectivity index (χ3n) is 2.57. The zero-order valence-corrected chi connectivity index (χ0v) is 8.15. The van der Waals surface area contributed by atoms with Crippen LogP contribution in [0.2, 0.25) is 0 Å². The van der Waals surface area contributed by atoms with Crippen LogP contribution in [0, 0.1) is 0 Å². The van der Waals surface area contributed by atoms with E-state index < -0.39 is 0 Å². The molecule has 1 aliphatic rings. The van der Waals surface area contributed by atoms with Crippen molar-refractivity contribution in [3.63, 3.8) is 0 Å². The second-order valence-corrected chi connectivity index (χ2v) is 3.46. The van der Waals surface area contributed by atoms with E-state index in [0.29, 0.717) is 5.78 Å². The van der Waals surface area contributed by atoms with Crippen LogP contribution in [0.5, 0.6) is 0 Å². The highest BCUT2D eigenvalue weighted by molar-refractivity contribution is 5.98. The lowest BCUT2D eigenvalue weighted by molar-refractivity contribution is -0.114. The summed E-state index contributed by atoms with van der Waals surface area (Å²) in [4.78, 5) is 11.4. The number of Topliss-reactive ketones (excluding diaryl/α,β-unsaturated/α-hetero) is 1. The number of allylic oxidation sites excluding steroid dienone is 2. The molecule has 1 saturated carbocycles. The molecule has 0 heterocycles. The summed E-state index contributed by atoms with van der Waals surface area (Å²) < 4.78 is 0. The summed E-state index contributed by atoms with van der Waals surface area (Å²) >= 11 is 0. The van der Waals surface area contributed by atoms with Gasteiger partial charge < -0.3 is 0 Å². The quantitative estimate of drug-likeness (QED) is 0.588. The van der Waals surface area contributed by atoms with Gasteiger partial charge in [-0.2, -0.15) is 0 Å². The minimum absolute atomic E-state index is 0.417. The average Bonchev–Trinajstić information content (AvgIpc) is 2.47. The SMILES string of the molecule is CCC/C(CC)=C1\CCCC1=O. The molecule has 1 rings (SSSR count). The lowest BCUT2D eigenvalue weighted by atomic mass is 9.99. The molecule has 0 spiro atoms. The van der Waals surface area contributed by atoms with E-state index in [1.807, 2.05) is 0 Å². The van der Waals surface area contributed by atoms with Gasteiger partial charge in [-0.25, -0.2) is 0 Å². The van der Waals surface area contributed by atoms with Gasteiger partial charge in [0.1, 0.15) is 0 Å². The Morgan fingerprint density at radius 2 is 2.08 bits per heavy atom. The summed E-state index contributed by atoms with van der Waals surface area (Å²) in [6, 6.07) is 0. The van der Waals surface area contributed by atoms with Gasteiger partial charge in [0.05, 0.1) is 0 Å². The Morgan fingerprint density at radius 3 is 2.50 bits per heavy atom. The Hall–Kier alpha value is -0.590. The lowest BCUT2D eigenvalue weighted by Gasteiger charge is -2.05. The number of carbonyl (C=O) groups is 1. The molecular weight excluding hydrogens is 148 g/mol. The van der Waals surface area contributed by atoms with Gasteiger partial charge in [-0.15, -0.1) is 0 Å². The zero-order chi connectivity index (χ0) is 8.97. The van der Waals surface area contributed by atoms with Crippen molar-refractivity contribution in [1.82, 2.24) is 0 Å². The Labute approximate surface area is 74.9 Å². The van der Waals surface area contributed by atoms with E-state index in [1.54, 1.807) is 0 Å². The van der Waals surface area contributed by atoms with E-state index >= 15 is 0 Å². The van der Waals surface area contributed by atoms with E-state index in [9.17, 15) is 4.79 Å². The molecule has 0 atom stereocenters. The standard InChI is InChI=1S/C11H18O/c1-3-6-9(4-2)10-7-5-8-11(10)12/h3-8H2,1-2H3/b10-9+. The highest BCUT2D eigenvalue weighted by atomic mass is 16.1. The second-order valence-electron chi connectivity index (χ2n) is 3.46. The van der Waals surface area contributed by atoms with Gasteiger partial charge in [0.2, 0.25) is 0 Å². The summed E-state index contributed by atoms with van der Waals surface area (Å²) in [5.74, 6) is 0.417. The normalized spacial score (nSPS) is 21.7. The predicted octanol–water partition coefficient (Wildman–Crippen LogP) is 3.25. The molecular formula is C11H18O. The average molecular weight is 166 g/mol. The fourth-order valence-corrected chi connectivity index (χ4v) is 1.93. The van der Waals surface area contributed by atoms with Crippen LogP contribution < -0.4 is 0 Å². The molecule has 1 aliphatic carbocycles. The Balaban J connectivity index is 2.75. The van der Waals surface area contributed by atoms with E-state index in [0.717, 1.165) is 32.1 Å². The van der Waals surface area contributed by atoms with Crippen LogP contribution in [0.15, 0.2) is 11.1 Å². The van der Waals surface area contributed by atoms with Crippen LogP contribution in [0.1, 0.15) is 52.4 Å². The third-order valence-corrected chi connectivity index (χ3v) is 2.57. The van der Waals surface area contributed by atoms with Crippen LogP contribution in [-0.4, -0.2) is 5.78 Å². The predicted molar refractivity (Wildman–Crippen MR) is 51.1 cm³/mol. The van der Waals surface area contributed by atoms with Gasteiger partial charge in [0.25, 0.3) is 0 Å². The summed E-state index contributed by atoms with van der Waals surface area (Å²) in [7, 11) is 0. The van der Waals surface area contributed by atoms with Crippen LogP contribution in [0.25, 0.3) is 0 Å². The Bertz CT molecular complexity index is 201. The number of hydrogen-bond acceptors (Lipinski definition) is 1. The lowest BCUT2D eigenvalue weighted by Crippen LogP contribution is -1.97. The summed E-state index contributed by atoms with van der Waals surface area (Å²) in [6.07, 6.45) is 6.28. The van der Waals surface area contributed by atoms with Gasteiger partial charge in [0.15, 0.2) is 5.78 Å². The molecule has 1 heteroatoms. The zero-order valence-electron chi connectivity index (χ0n) is 8.15. The highest BCUT2D eigenvalue weighted by Gasteiger charge is 2.19. The molecule has 0 radical (unpaired) electrons. The molecule has 0 amide bonds. The van der Waals surface area contributed by atoms with E-state index in [4.69, 9.17) is 0 Å². The van der Waals surface area contributed by atoms with Gasteiger partial charge in [-0.3, -0.25) is 4.79 Å². The first kappa shape index (κ1) is 9.50. The van der Waals surface area contributed by atoms with Gasteiger partial charge in [-0.05, 0) is 31.3 Å². The molecule has 0 aliphatic heterocycles. The molecule has 0 aromatic rings. The Morgan fingerprint density at radius 1 is 1.33 bits per heavy atom. The van der Waals surface area contributed by atoms with Crippen LogP contribution in [0.3, 0.4) is 0 Å². The summed E-state index contributed by atoms with van der Waals surface area (Å²) in [5.41, 5.74) is 2.58. The van der Waals surface area contributed by atoms with Crippen LogP contribution in [0.4, 0.5) is 0 Å². The fraction of sp³-hybridized carbons (Fsp3) is 0.727. The molecule has 1 nitrogen and oxygen atoms in total. The monoisotopic (exact) mass is 166 g/mol. The molecule has 12 heavy (non-hydrogen) atoms. The first-order chi connectivity index (χ1) is 5.79. The first-order valence-electron chi connectivity index (χ1n) is 5.03. The number of hydrogen-bond donors (Lipinski definition) is 0. The maximum atomic E-state index is 11.4. The van der Waals surface area contributed by atoms with E-state index in [-0.39, 0.29) is 0 Å². The molecule has 0 N–H and O–H groups in total. The largest absolute Gasteiger partial charge is 0.295 e. The van der Waals surface area contributed by atoms with Crippen LogP contribution in [-0.2, 0) is 4.79 Å². The van der Waals surface area contributed by atoms with Crippen molar-refractivity contribution >= 4 is 5.78 Å². The van der Waals surface area contributed by atoms with Gasteiger partial charge in [0, 0.05) is 6.42 Å². The molecule has 0 bridgehead atoms. The van der Waals surface area contributed by atoms with Gasteiger partial charge in [-0.1, -0.05) is 25.8 Å². The van der Waals surface area contributed by atoms with Crippen LogP contribution >= 0.6 is 0 Å². The van der Waals surface area contributed by atoms with Crippen molar-refractivity contribution in [2.75, 3.05) is 0 Å². The third kappa shape index (κ3) is 1.96. The fourth-order valence-electron chi connectivity index (χ4n) is 1.93. The van der Waals surface area contributed by atoms with Crippen molar-refractivity contribution in [2.45, 2.75) is 52.4 Å². The van der Waals surface area contributed by atoms with Crippen molar-refractivity contribution in [3.05, 3.63) is 11.1 Å². The highest BCUT2D eigenvalue weighted by Crippen LogP contribution is 2.27. The maximum absolute atomic E-state index is 11.4. The van der Waals surface area contributed by atoms with Crippen molar-refractivity contribution < 1.29 is 4.79 Å². The number of ketones is 1. The first-order valence-corrected chi connectivity index (χ1v) is 5.03. The molecule has 68 valence electrons. The van der Waals surface area contributed by atoms with Crippen molar-refractivity contribution in [3.8, 4) is 0 Å². The van der Waals surface area contributed by atoms with Gasteiger partial charge >= 0.3 is 0 Å². The van der Waals surface area contributed by atoms with Crippen molar-refractivity contribution in [2.24, 2.45) is 0 Å². The topological polar surface area (TPSA) is 17.1 Å². The molecule has 0 unspecified atom stereocenters. The second kappa shape index (κ2) is 4.44. The summed E-state index contributed by atoms with van der Waals surface area (Å²) in [6.45, 7) is 4.33. The van der Waals surface area contributed by atoms with E-state index in [2.05, 4.69) is 13.8 Å². The molecule has 0 aromatic carbocycles. The van der Waals surface area contributed by atoms with E-state index in [1.165, 1.54) is 17.6 Å². The molecule has 1 fully saturated rings. The number of rotatable bonds is 3. The minimum atomic E-state index is 0.417. The smallest absolute Gasteiger partial charge is 0.158 e. The molecule has 0 aromatic heterocycles. The maximum Gasteiger partial charge on any atom is 0.158 e. The molecule has 0 saturated heterocycles.